The molecular formula is C21H20F3N5O3. The first-order chi connectivity index (χ1) is 15.1. The maximum absolute atomic E-state index is 13.3. The zero-order valence-corrected chi connectivity index (χ0v) is 17.1. The average molecular weight is 447 g/mol. The monoisotopic (exact) mass is 447 g/mol. The molecule has 2 amide bonds. The van der Waals surface area contributed by atoms with Crippen LogP contribution in [0, 0.1) is 18.3 Å². The lowest BCUT2D eigenvalue weighted by Crippen LogP contribution is -2.52. The Morgan fingerprint density at radius 3 is 2.34 bits per heavy atom. The lowest BCUT2D eigenvalue weighted by atomic mass is 10.1. The van der Waals surface area contributed by atoms with Crippen LogP contribution in [0.3, 0.4) is 0 Å². The van der Waals surface area contributed by atoms with Gasteiger partial charge in [-0.05, 0) is 18.6 Å². The van der Waals surface area contributed by atoms with Gasteiger partial charge in [-0.2, -0.15) is 18.4 Å². The summed E-state index contributed by atoms with van der Waals surface area (Å²) in [6, 6.07) is 9.77. The number of hydrogen-bond acceptors (Lipinski definition) is 5. The van der Waals surface area contributed by atoms with E-state index in [4.69, 9.17) is 5.11 Å². The number of hydrogen-bond donors (Lipinski definition) is 2. The molecule has 3 rings (SSSR count). The Labute approximate surface area is 181 Å². The smallest absolute Gasteiger partial charge is 0.434 e. The lowest BCUT2D eigenvalue weighted by molar-refractivity contribution is -0.141. The number of nitrogens with one attached hydrogen (secondary N) is 1. The van der Waals surface area contributed by atoms with Gasteiger partial charge in [0.1, 0.15) is 11.9 Å². The first-order valence-corrected chi connectivity index (χ1v) is 9.69. The largest absolute Gasteiger partial charge is 0.478 e. The maximum Gasteiger partial charge on any atom is 0.434 e. The third-order valence-electron chi connectivity index (χ3n) is 5.05. The van der Waals surface area contributed by atoms with Crippen molar-refractivity contribution >= 4 is 17.8 Å². The van der Waals surface area contributed by atoms with Crippen LogP contribution in [0.2, 0.25) is 0 Å². The van der Waals surface area contributed by atoms with Gasteiger partial charge in [-0.15, -0.1) is 0 Å². The summed E-state index contributed by atoms with van der Waals surface area (Å²) in [5.41, 5.74) is -0.868. The van der Waals surface area contributed by atoms with Crippen molar-refractivity contribution in [1.82, 2.24) is 15.2 Å². The summed E-state index contributed by atoms with van der Waals surface area (Å²) in [7, 11) is 0. The van der Waals surface area contributed by atoms with Crippen LogP contribution in [0.1, 0.15) is 32.7 Å². The molecule has 1 aromatic carbocycles. The predicted octanol–water partition coefficient (Wildman–Crippen LogP) is 3.01. The Balaban J connectivity index is 1.70. The second-order valence-electron chi connectivity index (χ2n) is 7.29. The normalized spacial score (nSPS) is 14.1. The van der Waals surface area contributed by atoms with E-state index >= 15 is 0 Å². The molecule has 0 aliphatic carbocycles. The third kappa shape index (κ3) is 5.08. The minimum absolute atomic E-state index is 0.142. The van der Waals surface area contributed by atoms with Crippen molar-refractivity contribution in [2.45, 2.75) is 19.6 Å². The lowest BCUT2D eigenvalue weighted by Gasteiger charge is -2.36. The number of carbonyl (C=O) groups is 2. The first kappa shape index (κ1) is 22.9. The topological polar surface area (TPSA) is 110 Å². The number of carbonyl (C=O) groups excluding carboxylic acids is 1. The molecule has 0 radical (unpaired) electrons. The highest BCUT2D eigenvalue weighted by atomic mass is 19.4. The van der Waals surface area contributed by atoms with Gasteiger partial charge >= 0.3 is 18.2 Å². The number of benzene rings is 1. The van der Waals surface area contributed by atoms with Gasteiger partial charge in [-0.25, -0.2) is 14.6 Å². The summed E-state index contributed by atoms with van der Waals surface area (Å²) in [5.74, 6) is -2.06. The number of rotatable bonds is 4. The number of nitrogens with zero attached hydrogens (tertiary/aromatic N) is 4. The molecule has 1 aromatic heterocycles. The van der Waals surface area contributed by atoms with Crippen LogP contribution in [0.25, 0.3) is 0 Å². The Morgan fingerprint density at radius 2 is 1.81 bits per heavy atom. The Hall–Kier alpha value is -3.81. The number of pyridine rings is 1. The number of aromatic carboxylic acids is 1. The van der Waals surface area contributed by atoms with E-state index in [-0.39, 0.29) is 43.6 Å². The fourth-order valence-electron chi connectivity index (χ4n) is 3.32. The van der Waals surface area contributed by atoms with Crippen molar-refractivity contribution in [3.05, 3.63) is 58.3 Å². The molecule has 168 valence electrons. The molecule has 2 aromatic rings. The van der Waals surface area contributed by atoms with Crippen molar-refractivity contribution in [3.63, 3.8) is 0 Å². The molecule has 1 saturated heterocycles. The molecule has 0 unspecified atom stereocenters. The summed E-state index contributed by atoms with van der Waals surface area (Å²) in [5, 5.41) is 21.2. The van der Waals surface area contributed by atoms with Crippen LogP contribution < -0.4 is 10.2 Å². The van der Waals surface area contributed by atoms with E-state index in [1.165, 1.54) is 9.80 Å². The number of alkyl halides is 3. The zero-order chi connectivity index (χ0) is 23.5. The van der Waals surface area contributed by atoms with Gasteiger partial charge in [0, 0.05) is 32.7 Å². The zero-order valence-electron chi connectivity index (χ0n) is 17.1. The van der Waals surface area contributed by atoms with Crippen molar-refractivity contribution in [3.8, 4) is 6.07 Å². The molecule has 2 heterocycles. The number of carboxylic acid groups (broad SMARTS) is 1. The summed E-state index contributed by atoms with van der Waals surface area (Å²) in [6.07, 6.45) is -4.99. The third-order valence-corrected chi connectivity index (χ3v) is 5.05. The minimum Gasteiger partial charge on any atom is -0.478 e. The van der Waals surface area contributed by atoms with Gasteiger partial charge in [0.25, 0.3) is 0 Å². The summed E-state index contributed by atoms with van der Waals surface area (Å²) in [6.45, 7) is 2.99. The fraction of sp³-hybridized carbons (Fsp3) is 0.333. The highest BCUT2D eigenvalue weighted by Crippen LogP contribution is 2.34. The molecule has 0 spiro atoms. The molecule has 0 saturated carbocycles. The van der Waals surface area contributed by atoms with E-state index in [0.717, 1.165) is 11.1 Å². The van der Waals surface area contributed by atoms with Crippen LogP contribution in [-0.2, 0) is 12.7 Å². The van der Waals surface area contributed by atoms with Crippen LogP contribution in [0.4, 0.5) is 23.8 Å². The van der Waals surface area contributed by atoms with Crippen LogP contribution >= 0.6 is 0 Å². The van der Waals surface area contributed by atoms with E-state index < -0.39 is 23.4 Å². The second kappa shape index (κ2) is 9.13. The molecule has 1 aliphatic heterocycles. The summed E-state index contributed by atoms with van der Waals surface area (Å²) in [4.78, 5) is 30.1. The number of carboxylic acids is 1. The van der Waals surface area contributed by atoms with E-state index in [2.05, 4.69) is 10.3 Å². The van der Waals surface area contributed by atoms with Crippen LogP contribution in [0.5, 0.6) is 0 Å². The van der Waals surface area contributed by atoms with Gasteiger partial charge in [0.05, 0.1) is 11.1 Å². The number of amides is 2. The maximum atomic E-state index is 13.3. The van der Waals surface area contributed by atoms with Gasteiger partial charge in [0.2, 0.25) is 0 Å². The molecule has 1 aliphatic rings. The molecule has 0 atom stereocenters. The van der Waals surface area contributed by atoms with Gasteiger partial charge in [-0.3, -0.25) is 0 Å². The van der Waals surface area contributed by atoms with Gasteiger partial charge in [0.15, 0.2) is 5.69 Å². The van der Waals surface area contributed by atoms with Gasteiger partial charge < -0.3 is 20.2 Å². The number of halogens is 3. The number of anilines is 1. The number of aromatic nitrogens is 1. The Kier molecular flexibility index (Phi) is 6.53. The predicted molar refractivity (Wildman–Crippen MR) is 108 cm³/mol. The SMILES string of the molecule is Cc1ccc(CNC(=O)N2CCN(c3nc(C(F)(F)F)c(C(=O)O)cc3C#N)CC2)cc1. The fourth-order valence-corrected chi connectivity index (χ4v) is 3.32. The molecule has 11 heteroatoms. The van der Waals surface area contributed by atoms with Crippen molar-refractivity contribution in [2.75, 3.05) is 31.1 Å². The van der Waals surface area contributed by atoms with Crippen LogP contribution in [-0.4, -0.2) is 53.2 Å². The number of urea groups is 1. The summed E-state index contributed by atoms with van der Waals surface area (Å²) < 4.78 is 40.0. The van der Waals surface area contributed by atoms with Crippen molar-refractivity contribution in [1.29, 1.82) is 5.26 Å². The highest BCUT2D eigenvalue weighted by molar-refractivity contribution is 5.90. The molecule has 0 bridgehead atoms. The summed E-state index contributed by atoms with van der Waals surface area (Å²) >= 11 is 0. The number of piperazine rings is 1. The van der Waals surface area contributed by atoms with E-state index in [1.54, 1.807) is 6.07 Å². The first-order valence-electron chi connectivity index (χ1n) is 9.69. The second-order valence-corrected chi connectivity index (χ2v) is 7.29. The highest BCUT2D eigenvalue weighted by Gasteiger charge is 2.39. The minimum atomic E-state index is -4.99. The Bertz CT molecular complexity index is 1060. The standard InChI is InChI=1S/C21H20F3N5O3/c1-13-2-4-14(5-3-13)12-26-20(32)29-8-6-28(7-9-29)18-15(11-25)10-16(19(30)31)17(27-18)21(22,23)24/h2-5,10H,6-9,12H2,1H3,(H,26,32)(H,30,31). The number of aryl methyl sites for hydroxylation is 1. The van der Waals surface area contributed by atoms with E-state index in [0.29, 0.717) is 12.6 Å². The molecule has 2 N–H and O–H groups in total. The molecule has 1 fully saturated rings. The van der Waals surface area contributed by atoms with Crippen molar-refractivity contribution in [2.24, 2.45) is 0 Å². The van der Waals surface area contributed by atoms with Crippen molar-refractivity contribution < 1.29 is 27.9 Å². The molecule has 8 nitrogen and oxygen atoms in total. The Morgan fingerprint density at radius 1 is 1.19 bits per heavy atom. The molecular weight excluding hydrogens is 427 g/mol. The molecule has 32 heavy (non-hydrogen) atoms. The number of nitriles is 1. The van der Waals surface area contributed by atoms with E-state index in [9.17, 15) is 28.0 Å². The van der Waals surface area contributed by atoms with Crippen LogP contribution in [0.15, 0.2) is 30.3 Å². The van der Waals surface area contributed by atoms with E-state index in [1.807, 2.05) is 31.2 Å². The average Bonchev–Trinajstić information content (AvgIpc) is 2.77. The quantitative estimate of drug-likeness (QED) is 0.746. The van der Waals surface area contributed by atoms with Gasteiger partial charge in [-0.1, -0.05) is 29.8 Å².